The summed E-state index contributed by atoms with van der Waals surface area (Å²) in [4.78, 5) is 0. The van der Waals surface area contributed by atoms with E-state index in [0.29, 0.717) is 0 Å². The Morgan fingerprint density at radius 3 is 1.00 bits per heavy atom. The number of benzene rings is 7. The first kappa shape index (κ1) is 33.9. The molecule has 0 fully saturated rings. The highest BCUT2D eigenvalue weighted by Gasteiger charge is 2.18. The predicted molar refractivity (Wildman–Crippen MR) is 206 cm³/mol. The van der Waals surface area contributed by atoms with Crippen LogP contribution >= 0.6 is 0 Å². The summed E-state index contributed by atoms with van der Waals surface area (Å²) >= 11 is 0. The van der Waals surface area contributed by atoms with Gasteiger partial charge in [-0.1, -0.05) is 192 Å². The standard InChI is InChI=1S/C26H18.C15H14.2C2H6.CH4/c1-3-11-19(12-4-1)25-21-15-7-9-17-23(21)26(20-13-5-2-6-14-20)24-18-10-8-16-22(24)25;1-10-3-5-14-12(7-10)9-13-8-11(2)4-6-15(13)14;2*1-2;/h1-18H;3-8H,9H2,1-2H3;2*1-2H3;1H4. The van der Waals surface area contributed by atoms with Crippen LogP contribution in [0.25, 0.3) is 54.9 Å². The monoisotopic (exact) mass is 600 g/mol. The van der Waals surface area contributed by atoms with E-state index in [1.165, 1.54) is 77.2 Å². The molecule has 8 rings (SSSR count). The van der Waals surface area contributed by atoms with E-state index in [4.69, 9.17) is 0 Å². The van der Waals surface area contributed by atoms with Gasteiger partial charge in [0.05, 0.1) is 0 Å². The second-order valence-electron chi connectivity index (χ2n) is 11.1. The molecule has 46 heavy (non-hydrogen) atoms. The molecule has 0 aliphatic heterocycles. The Morgan fingerprint density at radius 1 is 0.370 bits per heavy atom. The molecule has 0 bridgehead atoms. The van der Waals surface area contributed by atoms with Crippen molar-refractivity contribution in [2.24, 2.45) is 0 Å². The highest BCUT2D eigenvalue weighted by molar-refractivity contribution is 6.21. The SMILES string of the molecule is C.CC.CC.Cc1ccc2c(c1)Cc1cc(C)ccc1-2.c1ccc(-c2c3ccccc3c(-c3ccccc3)c3ccccc23)cc1. The molecule has 0 heteroatoms. The highest BCUT2D eigenvalue weighted by atomic mass is 14.2. The normalized spacial score (nSPS) is 10.6. The molecule has 0 atom stereocenters. The molecule has 0 radical (unpaired) electrons. The van der Waals surface area contributed by atoms with Crippen LogP contribution in [-0.2, 0) is 6.42 Å². The number of hydrogen-bond acceptors (Lipinski definition) is 0. The second kappa shape index (κ2) is 15.9. The Labute approximate surface area is 277 Å². The molecule has 0 saturated carbocycles. The van der Waals surface area contributed by atoms with Gasteiger partial charge in [0.15, 0.2) is 0 Å². The Balaban J connectivity index is 0.000000205. The lowest BCUT2D eigenvalue weighted by Crippen LogP contribution is -1.90. The molecule has 0 amide bonds. The fourth-order valence-corrected chi connectivity index (χ4v) is 6.43. The van der Waals surface area contributed by atoms with Crippen molar-refractivity contribution < 1.29 is 0 Å². The molecule has 0 aromatic heterocycles. The summed E-state index contributed by atoms with van der Waals surface area (Å²) in [5.74, 6) is 0. The van der Waals surface area contributed by atoms with E-state index in [1.807, 2.05) is 27.7 Å². The minimum Gasteiger partial charge on any atom is -0.0776 e. The third-order valence-electron chi connectivity index (χ3n) is 8.25. The van der Waals surface area contributed by atoms with Crippen LogP contribution in [0.2, 0.25) is 0 Å². The summed E-state index contributed by atoms with van der Waals surface area (Å²) < 4.78 is 0. The van der Waals surface area contributed by atoms with E-state index in [2.05, 4.69) is 159 Å². The van der Waals surface area contributed by atoms with Crippen molar-refractivity contribution in [2.45, 2.75) is 55.4 Å². The van der Waals surface area contributed by atoms with Gasteiger partial charge in [-0.05, 0) is 86.3 Å². The predicted octanol–water partition coefficient (Wildman–Crippen LogP) is 13.9. The Bertz CT molecular complexity index is 1810. The summed E-state index contributed by atoms with van der Waals surface area (Å²) in [6.45, 7) is 12.3. The average Bonchev–Trinajstić information content (AvgIpc) is 3.46. The van der Waals surface area contributed by atoms with Crippen molar-refractivity contribution in [1.29, 1.82) is 0 Å². The van der Waals surface area contributed by atoms with Gasteiger partial charge >= 0.3 is 0 Å². The van der Waals surface area contributed by atoms with Crippen molar-refractivity contribution >= 4 is 21.5 Å². The Hall–Kier alpha value is -4.94. The van der Waals surface area contributed by atoms with Crippen LogP contribution in [0.5, 0.6) is 0 Å². The molecular weight excluding hydrogens is 553 g/mol. The van der Waals surface area contributed by atoms with E-state index in [1.54, 1.807) is 0 Å². The van der Waals surface area contributed by atoms with Crippen LogP contribution in [0.4, 0.5) is 0 Å². The van der Waals surface area contributed by atoms with Gasteiger partial charge in [-0.2, -0.15) is 0 Å². The zero-order valence-corrected chi connectivity index (χ0v) is 27.6. The molecule has 0 unspecified atom stereocenters. The van der Waals surface area contributed by atoms with Gasteiger partial charge in [0.25, 0.3) is 0 Å². The van der Waals surface area contributed by atoms with Crippen molar-refractivity contribution in [3.8, 4) is 33.4 Å². The first-order valence-electron chi connectivity index (χ1n) is 16.4. The third-order valence-corrected chi connectivity index (χ3v) is 8.25. The molecule has 1 aliphatic carbocycles. The summed E-state index contributed by atoms with van der Waals surface area (Å²) in [5.41, 5.74) is 13.7. The lowest BCUT2D eigenvalue weighted by molar-refractivity contribution is 1.24. The fraction of sp³-hybridized carbons (Fsp3) is 0.174. The van der Waals surface area contributed by atoms with Gasteiger partial charge in [0, 0.05) is 0 Å². The first-order chi connectivity index (χ1) is 22.2. The van der Waals surface area contributed by atoms with Crippen LogP contribution in [0.3, 0.4) is 0 Å². The average molecular weight is 601 g/mol. The maximum atomic E-state index is 2.31. The maximum absolute atomic E-state index is 2.31. The molecule has 0 heterocycles. The van der Waals surface area contributed by atoms with Crippen molar-refractivity contribution in [1.82, 2.24) is 0 Å². The number of hydrogen-bond donors (Lipinski definition) is 0. The van der Waals surface area contributed by atoms with E-state index in [0.717, 1.165) is 6.42 Å². The minimum absolute atomic E-state index is 0. The summed E-state index contributed by atoms with van der Waals surface area (Å²) in [6, 6.07) is 52.5. The molecule has 0 saturated heterocycles. The molecule has 232 valence electrons. The van der Waals surface area contributed by atoms with Crippen LogP contribution in [0, 0.1) is 13.8 Å². The van der Waals surface area contributed by atoms with Gasteiger partial charge < -0.3 is 0 Å². The van der Waals surface area contributed by atoms with Gasteiger partial charge in [0.1, 0.15) is 0 Å². The minimum atomic E-state index is 0. The molecule has 0 N–H and O–H groups in total. The zero-order valence-electron chi connectivity index (χ0n) is 27.6. The smallest absolute Gasteiger partial charge is 0.00133 e. The van der Waals surface area contributed by atoms with E-state index < -0.39 is 0 Å². The highest BCUT2D eigenvalue weighted by Crippen LogP contribution is 2.43. The van der Waals surface area contributed by atoms with E-state index >= 15 is 0 Å². The molecule has 0 nitrogen and oxygen atoms in total. The molecule has 7 aromatic rings. The zero-order chi connectivity index (χ0) is 31.8. The van der Waals surface area contributed by atoms with Crippen LogP contribution in [0.15, 0.2) is 146 Å². The molecule has 7 aromatic carbocycles. The summed E-state index contributed by atoms with van der Waals surface area (Å²) in [7, 11) is 0. The molecule has 1 aliphatic rings. The van der Waals surface area contributed by atoms with Crippen LogP contribution in [0.1, 0.15) is 57.4 Å². The van der Waals surface area contributed by atoms with Crippen molar-refractivity contribution in [3.63, 3.8) is 0 Å². The van der Waals surface area contributed by atoms with Crippen molar-refractivity contribution in [2.75, 3.05) is 0 Å². The fourth-order valence-electron chi connectivity index (χ4n) is 6.43. The van der Waals surface area contributed by atoms with E-state index in [-0.39, 0.29) is 7.43 Å². The van der Waals surface area contributed by atoms with Gasteiger partial charge in [-0.25, -0.2) is 0 Å². The lowest BCUT2D eigenvalue weighted by Gasteiger charge is -2.17. The first-order valence-corrected chi connectivity index (χ1v) is 16.4. The number of rotatable bonds is 2. The third kappa shape index (κ3) is 6.82. The van der Waals surface area contributed by atoms with Gasteiger partial charge in [-0.15, -0.1) is 0 Å². The van der Waals surface area contributed by atoms with E-state index in [9.17, 15) is 0 Å². The molecular formula is C46H48. The van der Waals surface area contributed by atoms with Gasteiger partial charge in [0.2, 0.25) is 0 Å². The van der Waals surface area contributed by atoms with Crippen LogP contribution in [-0.4, -0.2) is 0 Å². The van der Waals surface area contributed by atoms with Crippen LogP contribution < -0.4 is 0 Å². The lowest BCUT2D eigenvalue weighted by atomic mass is 9.86. The van der Waals surface area contributed by atoms with Crippen molar-refractivity contribution in [3.05, 3.63) is 168 Å². The number of fused-ring (bicyclic) bond motifs is 5. The van der Waals surface area contributed by atoms with Gasteiger partial charge in [-0.3, -0.25) is 0 Å². The molecule has 0 spiro atoms. The topological polar surface area (TPSA) is 0 Å². The summed E-state index contributed by atoms with van der Waals surface area (Å²) in [6.07, 6.45) is 1.11. The second-order valence-corrected chi connectivity index (χ2v) is 11.1. The number of aryl methyl sites for hydroxylation is 2. The largest absolute Gasteiger partial charge is 0.0776 e. The quantitative estimate of drug-likeness (QED) is 0.173. The summed E-state index contributed by atoms with van der Waals surface area (Å²) in [5, 5.41) is 5.21. The Morgan fingerprint density at radius 2 is 0.674 bits per heavy atom. The maximum Gasteiger partial charge on any atom is -0.00133 e. The Kier molecular flexibility index (Phi) is 11.7.